The number of hydrogen-bond donors (Lipinski definition) is 1. The molecule has 1 N–H and O–H groups in total. The number of aromatic nitrogens is 4. The van der Waals surface area contributed by atoms with Crippen molar-refractivity contribution < 1.29 is 9.90 Å². The van der Waals surface area contributed by atoms with E-state index in [0.717, 1.165) is 19.3 Å². The van der Waals surface area contributed by atoms with Crippen LogP contribution in [0.25, 0.3) is 5.69 Å². The maximum absolute atomic E-state index is 13.1. The lowest BCUT2D eigenvalue weighted by molar-refractivity contribution is 0.0712. The molecule has 0 saturated carbocycles. The van der Waals surface area contributed by atoms with E-state index in [-0.39, 0.29) is 23.3 Å². The summed E-state index contributed by atoms with van der Waals surface area (Å²) in [7, 11) is 1.79. The van der Waals surface area contributed by atoms with Gasteiger partial charge in [-0.05, 0) is 59.0 Å². The van der Waals surface area contributed by atoms with E-state index >= 15 is 0 Å². The summed E-state index contributed by atoms with van der Waals surface area (Å²) in [4.78, 5) is 14.8. The normalized spacial score (nSPS) is 16.1. The molecule has 0 aliphatic heterocycles. The summed E-state index contributed by atoms with van der Waals surface area (Å²) in [6.45, 7) is 0. The summed E-state index contributed by atoms with van der Waals surface area (Å²) in [5.74, 6) is -0.276. The molecule has 1 aliphatic rings. The molecular weight excluding hydrogens is 330 g/mol. The molecule has 0 saturated heterocycles. The summed E-state index contributed by atoms with van der Waals surface area (Å²) in [6, 6.07) is 13.0. The third kappa shape index (κ3) is 2.81. The van der Waals surface area contributed by atoms with Gasteiger partial charge in [0.25, 0.3) is 5.91 Å². The number of phenols is 1. The maximum Gasteiger partial charge on any atom is 0.257 e. The van der Waals surface area contributed by atoms with E-state index in [9.17, 15) is 9.90 Å². The van der Waals surface area contributed by atoms with Crippen LogP contribution in [0.5, 0.6) is 5.75 Å². The number of amides is 1. The molecule has 0 fully saturated rings. The number of carbonyl (C=O) groups excluding carboxylic acids is 1. The average molecular weight is 349 g/mol. The first-order valence-electron chi connectivity index (χ1n) is 8.56. The van der Waals surface area contributed by atoms with Crippen molar-refractivity contribution >= 4 is 5.91 Å². The Morgan fingerprint density at radius 3 is 2.92 bits per heavy atom. The van der Waals surface area contributed by atoms with E-state index in [1.54, 1.807) is 24.1 Å². The van der Waals surface area contributed by atoms with Crippen molar-refractivity contribution in [2.24, 2.45) is 0 Å². The molecule has 1 aliphatic carbocycles. The SMILES string of the molecule is CN(C(=O)c1cc(-n2cnnn2)ccc1O)C1CCCc2ccccc21. The molecule has 1 unspecified atom stereocenters. The second-order valence-corrected chi connectivity index (χ2v) is 6.48. The Balaban J connectivity index is 1.67. The van der Waals surface area contributed by atoms with Crippen LogP contribution in [0.1, 0.15) is 40.4 Å². The van der Waals surface area contributed by atoms with Crippen LogP contribution < -0.4 is 0 Å². The summed E-state index contributed by atoms with van der Waals surface area (Å²) in [5.41, 5.74) is 3.33. The first kappa shape index (κ1) is 16.3. The second-order valence-electron chi connectivity index (χ2n) is 6.48. The molecule has 7 nitrogen and oxygen atoms in total. The lowest BCUT2D eigenvalue weighted by Gasteiger charge is -2.33. The molecular formula is C19H19N5O2. The number of aromatic hydroxyl groups is 1. The van der Waals surface area contributed by atoms with Crippen LogP contribution in [0.2, 0.25) is 0 Å². The molecule has 1 amide bonds. The van der Waals surface area contributed by atoms with Gasteiger partial charge < -0.3 is 10.0 Å². The summed E-state index contributed by atoms with van der Waals surface area (Å²) in [5, 5.41) is 21.3. The fraction of sp³-hybridized carbons (Fsp3) is 0.263. The first-order chi connectivity index (χ1) is 12.6. The maximum atomic E-state index is 13.1. The van der Waals surface area contributed by atoms with Crippen molar-refractivity contribution in [1.29, 1.82) is 0 Å². The Morgan fingerprint density at radius 2 is 2.12 bits per heavy atom. The monoisotopic (exact) mass is 349 g/mol. The van der Waals surface area contributed by atoms with Crippen molar-refractivity contribution in [3.8, 4) is 11.4 Å². The molecule has 1 heterocycles. The predicted octanol–water partition coefficient (Wildman–Crippen LogP) is 2.52. The van der Waals surface area contributed by atoms with Gasteiger partial charge in [0.05, 0.1) is 17.3 Å². The number of rotatable bonds is 3. The van der Waals surface area contributed by atoms with Crippen molar-refractivity contribution in [2.75, 3.05) is 7.05 Å². The fourth-order valence-corrected chi connectivity index (χ4v) is 3.58. The zero-order chi connectivity index (χ0) is 18.1. The Bertz CT molecular complexity index is 939. The molecule has 2 aromatic carbocycles. The molecule has 3 aromatic rings. The minimum atomic E-state index is -0.223. The van der Waals surface area contributed by atoms with E-state index in [1.807, 2.05) is 12.1 Å². The van der Waals surface area contributed by atoms with Gasteiger partial charge in [-0.1, -0.05) is 24.3 Å². The van der Waals surface area contributed by atoms with Gasteiger partial charge in [0.2, 0.25) is 0 Å². The van der Waals surface area contributed by atoms with Crippen LogP contribution in [-0.4, -0.2) is 43.2 Å². The quantitative estimate of drug-likeness (QED) is 0.785. The first-order valence-corrected chi connectivity index (χ1v) is 8.56. The smallest absolute Gasteiger partial charge is 0.257 e. The van der Waals surface area contributed by atoms with E-state index in [0.29, 0.717) is 5.69 Å². The lowest BCUT2D eigenvalue weighted by Crippen LogP contribution is -2.33. The van der Waals surface area contributed by atoms with Crippen LogP contribution in [0.4, 0.5) is 0 Å². The van der Waals surface area contributed by atoms with Gasteiger partial charge in [-0.2, -0.15) is 0 Å². The van der Waals surface area contributed by atoms with Crippen LogP contribution in [0.3, 0.4) is 0 Å². The zero-order valence-corrected chi connectivity index (χ0v) is 14.4. The van der Waals surface area contributed by atoms with Gasteiger partial charge in [0.15, 0.2) is 0 Å². The Labute approximate surface area is 150 Å². The predicted molar refractivity (Wildman–Crippen MR) is 95.0 cm³/mol. The number of carbonyl (C=O) groups is 1. The Morgan fingerprint density at radius 1 is 1.27 bits per heavy atom. The molecule has 0 bridgehead atoms. The summed E-state index contributed by atoms with van der Waals surface area (Å²) < 4.78 is 1.45. The number of nitrogens with zero attached hydrogens (tertiary/aromatic N) is 5. The molecule has 7 heteroatoms. The minimum absolute atomic E-state index is 0.00328. The third-order valence-corrected chi connectivity index (χ3v) is 4.95. The number of fused-ring (bicyclic) bond motifs is 1. The molecule has 4 rings (SSSR count). The van der Waals surface area contributed by atoms with Gasteiger partial charge in [-0.15, -0.1) is 5.10 Å². The van der Waals surface area contributed by atoms with Crippen molar-refractivity contribution in [3.63, 3.8) is 0 Å². The number of benzene rings is 2. The molecule has 1 aromatic heterocycles. The Hall–Kier alpha value is -3.22. The summed E-state index contributed by atoms with van der Waals surface area (Å²) in [6.07, 6.45) is 4.43. The van der Waals surface area contributed by atoms with E-state index < -0.39 is 0 Å². The molecule has 132 valence electrons. The largest absolute Gasteiger partial charge is 0.507 e. The van der Waals surface area contributed by atoms with Crippen LogP contribution in [-0.2, 0) is 6.42 Å². The highest BCUT2D eigenvalue weighted by atomic mass is 16.3. The van der Waals surface area contributed by atoms with Crippen LogP contribution >= 0.6 is 0 Å². The minimum Gasteiger partial charge on any atom is -0.507 e. The van der Waals surface area contributed by atoms with Gasteiger partial charge in [-0.25, -0.2) is 4.68 Å². The van der Waals surface area contributed by atoms with Crippen LogP contribution in [0.15, 0.2) is 48.8 Å². The van der Waals surface area contributed by atoms with Crippen molar-refractivity contribution in [2.45, 2.75) is 25.3 Å². The van der Waals surface area contributed by atoms with Gasteiger partial charge >= 0.3 is 0 Å². The highest BCUT2D eigenvalue weighted by Gasteiger charge is 2.28. The average Bonchev–Trinajstić information content (AvgIpc) is 3.21. The fourth-order valence-electron chi connectivity index (χ4n) is 3.58. The molecule has 0 spiro atoms. The highest BCUT2D eigenvalue weighted by molar-refractivity contribution is 5.97. The topological polar surface area (TPSA) is 84.1 Å². The van der Waals surface area contributed by atoms with Crippen molar-refractivity contribution in [3.05, 3.63) is 65.5 Å². The molecule has 26 heavy (non-hydrogen) atoms. The number of tetrazole rings is 1. The van der Waals surface area contributed by atoms with E-state index in [4.69, 9.17) is 0 Å². The van der Waals surface area contributed by atoms with Gasteiger partial charge in [0, 0.05) is 7.05 Å². The van der Waals surface area contributed by atoms with E-state index in [1.165, 1.54) is 28.2 Å². The number of phenolic OH excluding ortho intramolecular Hbond substituents is 1. The van der Waals surface area contributed by atoms with Crippen LogP contribution in [0, 0.1) is 0 Å². The summed E-state index contributed by atoms with van der Waals surface area (Å²) >= 11 is 0. The molecule has 0 radical (unpaired) electrons. The zero-order valence-electron chi connectivity index (χ0n) is 14.4. The lowest BCUT2D eigenvalue weighted by atomic mass is 9.87. The molecule has 1 atom stereocenters. The van der Waals surface area contributed by atoms with Gasteiger partial charge in [-0.3, -0.25) is 4.79 Å². The standard InChI is InChI=1S/C19H19N5O2/c1-23(17-8-4-6-13-5-2-3-7-15(13)17)19(26)16-11-14(9-10-18(16)25)24-12-20-21-22-24/h2-3,5,7,9-12,17,25H,4,6,8H2,1H3. The van der Waals surface area contributed by atoms with Gasteiger partial charge in [0.1, 0.15) is 12.1 Å². The highest BCUT2D eigenvalue weighted by Crippen LogP contribution is 2.35. The Kier molecular flexibility index (Phi) is 4.12. The number of hydrogen-bond acceptors (Lipinski definition) is 5. The van der Waals surface area contributed by atoms with Crippen molar-refractivity contribution in [1.82, 2.24) is 25.1 Å². The number of aryl methyl sites for hydroxylation is 1. The second kappa shape index (κ2) is 6.59. The van der Waals surface area contributed by atoms with E-state index in [2.05, 4.69) is 27.7 Å². The third-order valence-electron chi connectivity index (χ3n) is 4.95.